The Labute approximate surface area is 117 Å². The first-order valence-electron chi connectivity index (χ1n) is 7.76. The lowest BCUT2D eigenvalue weighted by molar-refractivity contribution is 0.114. The molecule has 0 aromatic carbocycles. The van der Waals surface area contributed by atoms with Crippen molar-refractivity contribution in [3.05, 3.63) is 18.0 Å². The van der Waals surface area contributed by atoms with E-state index in [1.54, 1.807) is 0 Å². The summed E-state index contributed by atoms with van der Waals surface area (Å²) in [6, 6.07) is 3.48. The standard InChI is InChI=1S/C15H28N4/c1-4-9-19-15(7-8-17-19)12-18-11-13(5-2)16-10-14(18)6-3/h7-8,13-14,16H,4-6,9-12H2,1-3H3. The van der Waals surface area contributed by atoms with Crippen LogP contribution in [0.25, 0.3) is 0 Å². The topological polar surface area (TPSA) is 33.1 Å². The second-order valence-electron chi connectivity index (χ2n) is 5.55. The van der Waals surface area contributed by atoms with Crippen LogP contribution in [0.1, 0.15) is 45.7 Å². The van der Waals surface area contributed by atoms with Crippen LogP contribution < -0.4 is 5.32 Å². The number of aryl methyl sites for hydroxylation is 1. The summed E-state index contributed by atoms with van der Waals surface area (Å²) in [5, 5.41) is 8.09. The van der Waals surface area contributed by atoms with Crippen LogP contribution >= 0.6 is 0 Å². The number of aromatic nitrogens is 2. The molecule has 1 aliphatic heterocycles. The minimum atomic E-state index is 0.644. The normalized spacial score (nSPS) is 24.8. The van der Waals surface area contributed by atoms with Gasteiger partial charge in [-0.1, -0.05) is 20.8 Å². The summed E-state index contributed by atoms with van der Waals surface area (Å²) in [5.74, 6) is 0. The van der Waals surface area contributed by atoms with E-state index in [1.807, 2.05) is 6.20 Å². The number of hydrogen-bond acceptors (Lipinski definition) is 3. The third-order valence-corrected chi connectivity index (χ3v) is 4.18. The summed E-state index contributed by atoms with van der Waals surface area (Å²) in [6.07, 6.45) is 5.50. The second kappa shape index (κ2) is 7.06. The molecule has 1 aliphatic rings. The predicted octanol–water partition coefficient (Wildman–Crippen LogP) is 2.26. The van der Waals surface area contributed by atoms with Gasteiger partial charge in [0.1, 0.15) is 0 Å². The van der Waals surface area contributed by atoms with Crippen molar-refractivity contribution in [1.29, 1.82) is 0 Å². The molecule has 0 bridgehead atoms. The van der Waals surface area contributed by atoms with Crippen molar-refractivity contribution in [2.24, 2.45) is 0 Å². The van der Waals surface area contributed by atoms with Gasteiger partial charge in [0, 0.05) is 44.5 Å². The van der Waals surface area contributed by atoms with E-state index in [2.05, 4.69) is 46.8 Å². The van der Waals surface area contributed by atoms with Gasteiger partial charge in [-0.3, -0.25) is 9.58 Å². The molecule has 2 unspecified atom stereocenters. The predicted molar refractivity (Wildman–Crippen MR) is 79.1 cm³/mol. The smallest absolute Gasteiger partial charge is 0.0524 e. The fourth-order valence-corrected chi connectivity index (χ4v) is 2.91. The highest BCUT2D eigenvalue weighted by Crippen LogP contribution is 2.16. The van der Waals surface area contributed by atoms with Crippen LogP contribution in [0.4, 0.5) is 0 Å². The highest BCUT2D eigenvalue weighted by atomic mass is 15.3. The number of nitrogens with zero attached hydrogens (tertiary/aromatic N) is 3. The van der Waals surface area contributed by atoms with Gasteiger partial charge in [0.15, 0.2) is 0 Å². The van der Waals surface area contributed by atoms with Gasteiger partial charge >= 0.3 is 0 Å². The maximum Gasteiger partial charge on any atom is 0.0524 e. The van der Waals surface area contributed by atoms with Gasteiger partial charge in [-0.15, -0.1) is 0 Å². The Morgan fingerprint density at radius 1 is 1.32 bits per heavy atom. The van der Waals surface area contributed by atoms with E-state index in [4.69, 9.17) is 0 Å². The third-order valence-electron chi connectivity index (χ3n) is 4.18. The fraction of sp³-hybridized carbons (Fsp3) is 0.800. The van der Waals surface area contributed by atoms with Crippen molar-refractivity contribution in [1.82, 2.24) is 20.0 Å². The monoisotopic (exact) mass is 264 g/mol. The molecule has 0 radical (unpaired) electrons. The van der Waals surface area contributed by atoms with Crippen molar-refractivity contribution >= 4 is 0 Å². The lowest BCUT2D eigenvalue weighted by Gasteiger charge is -2.40. The fourth-order valence-electron chi connectivity index (χ4n) is 2.91. The van der Waals surface area contributed by atoms with E-state index < -0.39 is 0 Å². The van der Waals surface area contributed by atoms with Crippen molar-refractivity contribution < 1.29 is 0 Å². The van der Waals surface area contributed by atoms with E-state index in [1.165, 1.54) is 18.5 Å². The van der Waals surface area contributed by atoms with Crippen LogP contribution in [0.5, 0.6) is 0 Å². The van der Waals surface area contributed by atoms with Crippen molar-refractivity contribution in [3.8, 4) is 0 Å². The van der Waals surface area contributed by atoms with Crippen LogP contribution in [0, 0.1) is 0 Å². The molecule has 1 aromatic heterocycles. The molecule has 2 atom stereocenters. The molecule has 1 N–H and O–H groups in total. The van der Waals surface area contributed by atoms with Crippen LogP contribution in [0.15, 0.2) is 12.3 Å². The molecular weight excluding hydrogens is 236 g/mol. The van der Waals surface area contributed by atoms with Gasteiger partial charge in [0.05, 0.1) is 5.69 Å². The molecule has 1 saturated heterocycles. The third kappa shape index (κ3) is 3.57. The Balaban J connectivity index is 2.03. The van der Waals surface area contributed by atoms with E-state index in [0.717, 1.165) is 32.6 Å². The SMILES string of the molecule is CCCn1nccc1CN1CC(CC)NCC1CC. The van der Waals surface area contributed by atoms with Crippen LogP contribution in [-0.4, -0.2) is 39.9 Å². The Kier molecular flexibility index (Phi) is 5.40. The Morgan fingerprint density at radius 2 is 2.16 bits per heavy atom. The summed E-state index contributed by atoms with van der Waals surface area (Å²) >= 11 is 0. The molecule has 4 nitrogen and oxygen atoms in total. The van der Waals surface area contributed by atoms with Gasteiger partial charge in [-0.05, 0) is 25.3 Å². The summed E-state index contributed by atoms with van der Waals surface area (Å²) in [7, 11) is 0. The second-order valence-corrected chi connectivity index (χ2v) is 5.55. The summed E-state index contributed by atoms with van der Waals surface area (Å²) < 4.78 is 2.16. The van der Waals surface area contributed by atoms with Crippen molar-refractivity contribution in [3.63, 3.8) is 0 Å². The Hall–Kier alpha value is -0.870. The highest BCUT2D eigenvalue weighted by Gasteiger charge is 2.26. The first kappa shape index (κ1) is 14.5. The molecule has 108 valence electrons. The average molecular weight is 264 g/mol. The minimum Gasteiger partial charge on any atom is -0.311 e. The van der Waals surface area contributed by atoms with Gasteiger partial charge in [-0.25, -0.2) is 0 Å². The summed E-state index contributed by atoms with van der Waals surface area (Å²) in [6.45, 7) is 11.1. The molecule has 1 fully saturated rings. The molecule has 0 spiro atoms. The molecule has 4 heteroatoms. The van der Waals surface area contributed by atoms with Gasteiger partial charge in [0.25, 0.3) is 0 Å². The van der Waals surface area contributed by atoms with Crippen molar-refractivity contribution in [2.75, 3.05) is 13.1 Å². The largest absolute Gasteiger partial charge is 0.311 e. The molecule has 0 aliphatic carbocycles. The maximum atomic E-state index is 4.44. The highest BCUT2D eigenvalue weighted by molar-refractivity contribution is 5.02. The Bertz CT molecular complexity index is 374. The van der Waals surface area contributed by atoms with Crippen LogP contribution in [0.2, 0.25) is 0 Å². The number of nitrogens with one attached hydrogen (secondary N) is 1. The van der Waals surface area contributed by atoms with Gasteiger partial charge in [0.2, 0.25) is 0 Å². The number of rotatable bonds is 6. The average Bonchev–Trinajstić information content (AvgIpc) is 2.86. The van der Waals surface area contributed by atoms with Crippen LogP contribution in [-0.2, 0) is 13.1 Å². The zero-order chi connectivity index (χ0) is 13.7. The number of hydrogen-bond donors (Lipinski definition) is 1. The molecular formula is C15H28N4. The van der Waals surface area contributed by atoms with Crippen molar-refractivity contribution in [2.45, 2.75) is 65.2 Å². The minimum absolute atomic E-state index is 0.644. The van der Waals surface area contributed by atoms with E-state index in [9.17, 15) is 0 Å². The zero-order valence-electron chi connectivity index (χ0n) is 12.6. The molecule has 2 heterocycles. The molecule has 0 amide bonds. The summed E-state index contributed by atoms with van der Waals surface area (Å²) in [4.78, 5) is 2.63. The first-order chi connectivity index (χ1) is 9.28. The molecule has 19 heavy (non-hydrogen) atoms. The van der Waals surface area contributed by atoms with Gasteiger partial charge in [-0.2, -0.15) is 5.10 Å². The van der Waals surface area contributed by atoms with Gasteiger partial charge < -0.3 is 5.32 Å². The Morgan fingerprint density at radius 3 is 2.84 bits per heavy atom. The maximum absolute atomic E-state index is 4.44. The molecule has 0 saturated carbocycles. The number of piperazine rings is 1. The lowest BCUT2D eigenvalue weighted by atomic mass is 10.0. The van der Waals surface area contributed by atoms with Crippen LogP contribution in [0.3, 0.4) is 0 Å². The van der Waals surface area contributed by atoms with E-state index in [0.29, 0.717) is 12.1 Å². The van der Waals surface area contributed by atoms with E-state index >= 15 is 0 Å². The molecule has 1 aromatic rings. The zero-order valence-corrected chi connectivity index (χ0v) is 12.6. The first-order valence-corrected chi connectivity index (χ1v) is 7.76. The van der Waals surface area contributed by atoms with E-state index in [-0.39, 0.29) is 0 Å². The quantitative estimate of drug-likeness (QED) is 0.855. The molecule has 2 rings (SSSR count). The summed E-state index contributed by atoms with van der Waals surface area (Å²) in [5.41, 5.74) is 1.36. The lowest BCUT2D eigenvalue weighted by Crippen LogP contribution is -2.55.